The first kappa shape index (κ1) is 38.2. The normalized spacial score (nSPS) is 19.5. The van der Waals surface area contributed by atoms with Gasteiger partial charge in [0.25, 0.3) is 5.91 Å². The van der Waals surface area contributed by atoms with Crippen LogP contribution in [0.4, 0.5) is 0 Å². The smallest absolute Gasteiger partial charge is 0.258 e. The van der Waals surface area contributed by atoms with Crippen molar-refractivity contribution < 1.29 is 24.0 Å². The van der Waals surface area contributed by atoms with Crippen molar-refractivity contribution in [2.75, 3.05) is 19.6 Å². The Morgan fingerprint density at radius 1 is 0.830 bits per heavy atom. The maximum atomic E-state index is 14.1. The molecule has 1 aliphatic heterocycles. The maximum absolute atomic E-state index is 14.1. The van der Waals surface area contributed by atoms with E-state index in [0.717, 1.165) is 5.56 Å². The van der Waals surface area contributed by atoms with Gasteiger partial charge < -0.3 is 26.2 Å². The molecule has 2 aromatic heterocycles. The molecule has 0 radical (unpaired) electrons. The van der Waals surface area contributed by atoms with E-state index in [1.807, 2.05) is 74.5 Å². The number of benzene rings is 2. The summed E-state index contributed by atoms with van der Waals surface area (Å²) in [5.74, 6) is -1.20. The summed E-state index contributed by atoms with van der Waals surface area (Å²) in [4.78, 5) is 82.7. The van der Waals surface area contributed by atoms with Crippen molar-refractivity contribution in [1.82, 2.24) is 50.9 Å². The largest absolute Gasteiger partial charge is 0.354 e. The molecule has 0 bridgehead atoms. The van der Waals surface area contributed by atoms with Crippen molar-refractivity contribution in [2.45, 2.75) is 72.1 Å². The van der Waals surface area contributed by atoms with Crippen LogP contribution in [0.3, 0.4) is 0 Å². The Morgan fingerprint density at radius 3 is 2.19 bits per heavy atom. The number of carbonyl (C=O) groups is 5. The van der Waals surface area contributed by atoms with Gasteiger partial charge >= 0.3 is 0 Å². The summed E-state index contributed by atoms with van der Waals surface area (Å²) in [5, 5.41) is 15.9. The standard InChI is InChI=1S/C38H46N10O5/c1-23(2)19-30-37(52)42-24(3)35-45-34(28-15-10-7-11-16-28)46-48(35)22-31(49)39-17-12-18-47(21-32(50)41-25(4)36(51)44-30)38(53)29-20-40-26(5)43-33(29)27-13-8-6-9-14-27/h6-11,13-16,20,23-25,30H,12,17-19,21-22H2,1-5H3,(H,39,49)(H,41,50)(H,42,52)(H,44,51)/t24-,25+,30+/m0/s1. The second kappa shape index (κ2) is 17.5. The predicted molar refractivity (Wildman–Crippen MR) is 197 cm³/mol. The van der Waals surface area contributed by atoms with Crippen molar-refractivity contribution in [1.29, 1.82) is 0 Å². The Kier molecular flexibility index (Phi) is 12.6. The van der Waals surface area contributed by atoms with Gasteiger partial charge in [0.15, 0.2) is 5.82 Å². The molecule has 5 rings (SSSR count). The zero-order valence-corrected chi connectivity index (χ0v) is 30.6. The Labute approximate surface area is 308 Å². The van der Waals surface area contributed by atoms with Crippen molar-refractivity contribution >= 4 is 29.5 Å². The van der Waals surface area contributed by atoms with E-state index in [1.54, 1.807) is 13.8 Å². The van der Waals surface area contributed by atoms with Gasteiger partial charge in [0.1, 0.15) is 30.3 Å². The minimum atomic E-state index is -1.03. The SMILES string of the molecule is Cc1ncc(C(=O)N2CCCNC(=O)Cn3nc(-c4ccccc4)nc3[C@H](C)NC(=O)[C@@H](CC(C)C)NC(=O)[C@@H](C)NC(=O)C2)c(-c2ccccc2)n1. The van der Waals surface area contributed by atoms with Crippen molar-refractivity contribution in [2.24, 2.45) is 5.92 Å². The predicted octanol–water partition coefficient (Wildman–Crippen LogP) is 2.59. The van der Waals surface area contributed by atoms with Gasteiger partial charge in [0.05, 0.1) is 23.8 Å². The summed E-state index contributed by atoms with van der Waals surface area (Å²) in [6.07, 6.45) is 2.06. The van der Waals surface area contributed by atoms with Crippen LogP contribution in [-0.2, 0) is 25.7 Å². The molecule has 278 valence electrons. The molecular formula is C38H46N10O5. The van der Waals surface area contributed by atoms with Crippen LogP contribution in [0.15, 0.2) is 66.9 Å². The summed E-state index contributed by atoms with van der Waals surface area (Å²) in [7, 11) is 0. The quantitative estimate of drug-likeness (QED) is 0.240. The number of amides is 5. The summed E-state index contributed by atoms with van der Waals surface area (Å²) < 4.78 is 1.45. The molecule has 0 saturated carbocycles. The molecular weight excluding hydrogens is 676 g/mol. The lowest BCUT2D eigenvalue weighted by Crippen LogP contribution is -2.54. The van der Waals surface area contributed by atoms with Gasteiger partial charge in [-0.05, 0) is 39.5 Å². The van der Waals surface area contributed by atoms with E-state index in [2.05, 4.69) is 36.3 Å². The Hall–Kier alpha value is -5.99. The number of aromatic nitrogens is 5. The van der Waals surface area contributed by atoms with Gasteiger partial charge in [0.2, 0.25) is 23.6 Å². The lowest BCUT2D eigenvalue weighted by molar-refractivity contribution is -0.132. The van der Waals surface area contributed by atoms with Gasteiger partial charge in [-0.3, -0.25) is 24.0 Å². The third-order valence-electron chi connectivity index (χ3n) is 8.62. The summed E-state index contributed by atoms with van der Waals surface area (Å²) >= 11 is 0. The number of hydrogen-bond acceptors (Lipinski definition) is 9. The van der Waals surface area contributed by atoms with Crippen LogP contribution in [0.5, 0.6) is 0 Å². The lowest BCUT2D eigenvalue weighted by Gasteiger charge is -2.25. The first-order valence-electron chi connectivity index (χ1n) is 17.7. The van der Waals surface area contributed by atoms with E-state index in [-0.39, 0.29) is 43.6 Å². The number of nitrogens with one attached hydrogen (secondary N) is 4. The monoisotopic (exact) mass is 722 g/mol. The van der Waals surface area contributed by atoms with Crippen LogP contribution in [0.2, 0.25) is 0 Å². The molecule has 3 atom stereocenters. The number of fused-ring (bicyclic) bond motifs is 1. The fourth-order valence-corrected chi connectivity index (χ4v) is 5.96. The van der Waals surface area contributed by atoms with Crippen LogP contribution in [0.25, 0.3) is 22.6 Å². The molecule has 2 aromatic carbocycles. The molecule has 5 amide bonds. The molecule has 4 aromatic rings. The van der Waals surface area contributed by atoms with Crippen molar-refractivity contribution in [3.63, 3.8) is 0 Å². The number of hydrogen-bond donors (Lipinski definition) is 4. The zero-order chi connectivity index (χ0) is 38.1. The second-order valence-electron chi connectivity index (χ2n) is 13.5. The van der Waals surface area contributed by atoms with Gasteiger partial charge in [0, 0.05) is 30.4 Å². The van der Waals surface area contributed by atoms with E-state index >= 15 is 0 Å². The molecule has 0 unspecified atom stereocenters. The van der Waals surface area contributed by atoms with E-state index in [9.17, 15) is 24.0 Å². The summed E-state index contributed by atoms with van der Waals surface area (Å²) in [5.41, 5.74) is 2.06. The highest BCUT2D eigenvalue weighted by molar-refractivity contribution is 6.01. The fourth-order valence-electron chi connectivity index (χ4n) is 5.96. The van der Waals surface area contributed by atoms with E-state index in [1.165, 1.54) is 22.7 Å². The average Bonchev–Trinajstić information content (AvgIpc) is 3.56. The minimum absolute atomic E-state index is 0.0380. The van der Waals surface area contributed by atoms with Gasteiger partial charge in [-0.1, -0.05) is 74.5 Å². The summed E-state index contributed by atoms with van der Waals surface area (Å²) in [6, 6.07) is 15.8. The fraction of sp³-hybridized carbons (Fsp3) is 0.395. The first-order valence-corrected chi connectivity index (χ1v) is 17.7. The van der Waals surface area contributed by atoms with E-state index in [4.69, 9.17) is 4.98 Å². The number of rotatable bonds is 5. The Balaban J connectivity index is 1.45. The molecule has 53 heavy (non-hydrogen) atoms. The van der Waals surface area contributed by atoms with E-state index in [0.29, 0.717) is 41.6 Å². The van der Waals surface area contributed by atoms with Gasteiger partial charge in [-0.25, -0.2) is 19.6 Å². The third kappa shape index (κ3) is 10.1. The molecule has 3 heterocycles. The minimum Gasteiger partial charge on any atom is -0.354 e. The van der Waals surface area contributed by atoms with Crippen LogP contribution in [0.1, 0.15) is 68.6 Å². The van der Waals surface area contributed by atoms with Crippen LogP contribution >= 0.6 is 0 Å². The highest BCUT2D eigenvalue weighted by Gasteiger charge is 2.30. The molecule has 0 spiro atoms. The van der Waals surface area contributed by atoms with E-state index < -0.39 is 41.8 Å². The number of nitrogens with zero attached hydrogens (tertiary/aromatic N) is 6. The van der Waals surface area contributed by atoms with Crippen molar-refractivity contribution in [3.8, 4) is 22.6 Å². The van der Waals surface area contributed by atoms with Gasteiger partial charge in [-0.15, -0.1) is 0 Å². The maximum Gasteiger partial charge on any atom is 0.258 e. The van der Waals surface area contributed by atoms with Crippen LogP contribution in [0, 0.1) is 12.8 Å². The van der Waals surface area contributed by atoms with Gasteiger partial charge in [-0.2, -0.15) is 5.10 Å². The topological polar surface area (TPSA) is 193 Å². The average molecular weight is 723 g/mol. The lowest BCUT2D eigenvalue weighted by atomic mass is 10.0. The number of carbonyl (C=O) groups excluding carboxylic acids is 5. The third-order valence-corrected chi connectivity index (χ3v) is 8.62. The highest BCUT2D eigenvalue weighted by atomic mass is 16.2. The van der Waals surface area contributed by atoms with Crippen molar-refractivity contribution in [3.05, 3.63) is 84.1 Å². The molecule has 15 heteroatoms. The molecule has 0 fully saturated rings. The molecule has 0 saturated heterocycles. The zero-order valence-electron chi connectivity index (χ0n) is 30.6. The van der Waals surface area contributed by atoms with Crippen LogP contribution in [-0.4, -0.2) is 90.9 Å². The molecule has 1 aliphatic rings. The molecule has 0 aliphatic carbocycles. The Morgan fingerprint density at radius 2 is 1.51 bits per heavy atom. The summed E-state index contributed by atoms with van der Waals surface area (Å²) in [6.45, 7) is 8.53. The molecule has 15 nitrogen and oxygen atoms in total. The first-order chi connectivity index (χ1) is 25.4. The molecule has 4 N–H and O–H groups in total. The number of aryl methyl sites for hydroxylation is 1. The Bertz CT molecular complexity index is 1930. The van der Waals surface area contributed by atoms with Crippen LogP contribution < -0.4 is 21.3 Å². The highest BCUT2D eigenvalue weighted by Crippen LogP contribution is 2.23. The second-order valence-corrected chi connectivity index (χ2v) is 13.5.